The van der Waals surface area contributed by atoms with Crippen molar-refractivity contribution in [3.63, 3.8) is 0 Å². The van der Waals surface area contributed by atoms with E-state index in [1.54, 1.807) is 0 Å². The third kappa shape index (κ3) is 3.90. The molecular formula is C24H22ClN5OS. The van der Waals surface area contributed by atoms with Crippen molar-refractivity contribution >= 4 is 34.7 Å². The summed E-state index contributed by atoms with van der Waals surface area (Å²) in [5.41, 5.74) is 2.95. The number of fused-ring (bicyclic) bond motifs is 1. The Kier molecular flexibility index (Phi) is 5.46. The molecule has 5 rings (SSSR count). The lowest BCUT2D eigenvalue weighted by atomic mass is 10.1. The number of furan rings is 1. The number of hydrogen-bond donors (Lipinski definition) is 1. The fourth-order valence-electron chi connectivity index (χ4n) is 3.87. The van der Waals surface area contributed by atoms with Gasteiger partial charge in [-0.2, -0.15) is 0 Å². The van der Waals surface area contributed by atoms with Crippen LogP contribution in [0, 0.1) is 11.7 Å². The van der Waals surface area contributed by atoms with Gasteiger partial charge in [-0.05, 0) is 68.7 Å². The van der Waals surface area contributed by atoms with E-state index in [1.807, 2.05) is 77.9 Å². The van der Waals surface area contributed by atoms with Crippen LogP contribution in [0.4, 0.5) is 0 Å². The van der Waals surface area contributed by atoms with Crippen LogP contribution in [0.1, 0.15) is 11.5 Å². The van der Waals surface area contributed by atoms with Crippen LogP contribution in [0.2, 0.25) is 5.02 Å². The maximum atomic E-state index is 6.13. The predicted octanol–water partition coefficient (Wildman–Crippen LogP) is 6.20. The van der Waals surface area contributed by atoms with Crippen molar-refractivity contribution in [1.29, 1.82) is 0 Å². The Bertz CT molecular complexity index is 1440. The lowest BCUT2D eigenvalue weighted by molar-refractivity contribution is 0.225. The van der Waals surface area contributed by atoms with Crippen LogP contribution in [0.3, 0.4) is 0 Å². The summed E-state index contributed by atoms with van der Waals surface area (Å²) in [6.07, 6.45) is 1.98. The molecule has 5 aromatic rings. The van der Waals surface area contributed by atoms with Crippen molar-refractivity contribution < 1.29 is 4.42 Å². The minimum Gasteiger partial charge on any atom is -0.465 e. The van der Waals surface area contributed by atoms with Gasteiger partial charge in [-0.1, -0.05) is 29.8 Å². The number of benzene rings is 2. The van der Waals surface area contributed by atoms with E-state index in [2.05, 4.69) is 22.0 Å². The highest BCUT2D eigenvalue weighted by Gasteiger charge is 2.18. The first kappa shape index (κ1) is 20.8. The van der Waals surface area contributed by atoms with E-state index < -0.39 is 0 Å². The van der Waals surface area contributed by atoms with Crippen molar-refractivity contribution in [2.75, 3.05) is 7.05 Å². The Balaban J connectivity index is 1.59. The smallest absolute Gasteiger partial charge is 0.204 e. The Morgan fingerprint density at radius 1 is 1.09 bits per heavy atom. The molecular weight excluding hydrogens is 442 g/mol. The van der Waals surface area contributed by atoms with Crippen molar-refractivity contribution in [2.45, 2.75) is 20.1 Å². The van der Waals surface area contributed by atoms with Crippen LogP contribution in [0.15, 0.2) is 71.3 Å². The predicted molar refractivity (Wildman–Crippen MR) is 130 cm³/mol. The van der Waals surface area contributed by atoms with Gasteiger partial charge >= 0.3 is 0 Å². The number of para-hydroxylation sites is 1. The molecule has 0 amide bonds. The van der Waals surface area contributed by atoms with E-state index in [0.29, 0.717) is 23.0 Å². The maximum absolute atomic E-state index is 6.13. The molecule has 3 aromatic heterocycles. The molecule has 0 aliphatic heterocycles. The van der Waals surface area contributed by atoms with E-state index in [0.717, 1.165) is 39.5 Å². The van der Waals surface area contributed by atoms with Crippen molar-refractivity contribution in [2.24, 2.45) is 0 Å². The van der Waals surface area contributed by atoms with E-state index >= 15 is 0 Å². The van der Waals surface area contributed by atoms with E-state index in [4.69, 9.17) is 33.3 Å². The molecule has 8 heteroatoms. The second kappa shape index (κ2) is 8.43. The first-order valence-corrected chi connectivity index (χ1v) is 11.0. The number of aryl methyl sites for hydroxylation is 1. The van der Waals surface area contributed by atoms with Crippen LogP contribution in [0.5, 0.6) is 0 Å². The summed E-state index contributed by atoms with van der Waals surface area (Å²) in [7, 11) is 2.02. The minimum atomic E-state index is 0.522. The summed E-state index contributed by atoms with van der Waals surface area (Å²) >= 11 is 12.0. The zero-order valence-corrected chi connectivity index (χ0v) is 19.3. The molecule has 6 nitrogen and oxygen atoms in total. The first-order valence-electron chi connectivity index (χ1n) is 10.3. The number of nitrogens with zero attached hydrogens (tertiary/aromatic N) is 4. The fraction of sp³-hybridized carbons (Fsp3) is 0.167. The van der Waals surface area contributed by atoms with Gasteiger partial charge in [-0.25, -0.2) is 4.68 Å². The van der Waals surface area contributed by atoms with Crippen LogP contribution < -0.4 is 0 Å². The normalized spacial score (nSPS) is 11.6. The summed E-state index contributed by atoms with van der Waals surface area (Å²) in [5, 5.41) is 6.71. The topological polar surface area (TPSA) is 54.9 Å². The molecule has 32 heavy (non-hydrogen) atoms. The van der Waals surface area contributed by atoms with Gasteiger partial charge in [-0.15, -0.1) is 5.10 Å². The molecule has 0 fully saturated rings. The SMILES string of the molecule is Cc1ccc(CN(C)Cn2nc(-c3c[nH]c4ccccc34)n(-c3ccc(Cl)cc3)c2=S)o1. The summed E-state index contributed by atoms with van der Waals surface area (Å²) in [5.74, 6) is 2.58. The van der Waals surface area contributed by atoms with Crippen LogP contribution >= 0.6 is 23.8 Å². The summed E-state index contributed by atoms with van der Waals surface area (Å²) < 4.78 is 10.2. The van der Waals surface area contributed by atoms with Gasteiger partial charge in [0.25, 0.3) is 0 Å². The summed E-state index contributed by atoms with van der Waals surface area (Å²) in [6.45, 7) is 3.13. The molecule has 2 aromatic carbocycles. The molecule has 0 saturated carbocycles. The lowest BCUT2D eigenvalue weighted by Crippen LogP contribution is -2.22. The maximum Gasteiger partial charge on any atom is 0.204 e. The van der Waals surface area contributed by atoms with Gasteiger partial charge < -0.3 is 9.40 Å². The molecule has 3 heterocycles. The lowest BCUT2D eigenvalue weighted by Gasteiger charge is -2.14. The highest BCUT2D eigenvalue weighted by Crippen LogP contribution is 2.30. The Morgan fingerprint density at radius 2 is 1.88 bits per heavy atom. The van der Waals surface area contributed by atoms with Crippen molar-refractivity contribution in [1.82, 2.24) is 24.2 Å². The average molecular weight is 464 g/mol. The minimum absolute atomic E-state index is 0.522. The van der Waals surface area contributed by atoms with E-state index in [9.17, 15) is 0 Å². The highest BCUT2D eigenvalue weighted by atomic mass is 35.5. The van der Waals surface area contributed by atoms with Crippen LogP contribution in [-0.4, -0.2) is 31.3 Å². The molecule has 0 saturated heterocycles. The summed E-state index contributed by atoms with van der Waals surface area (Å²) in [4.78, 5) is 5.46. The van der Waals surface area contributed by atoms with Gasteiger partial charge in [0.05, 0.1) is 18.9 Å². The fourth-order valence-corrected chi connectivity index (χ4v) is 4.28. The number of rotatable bonds is 6. The molecule has 0 atom stereocenters. The van der Waals surface area contributed by atoms with Gasteiger partial charge in [0, 0.05) is 27.7 Å². The Morgan fingerprint density at radius 3 is 2.62 bits per heavy atom. The second-order valence-electron chi connectivity index (χ2n) is 7.83. The van der Waals surface area contributed by atoms with E-state index in [1.165, 1.54) is 0 Å². The van der Waals surface area contributed by atoms with Crippen molar-refractivity contribution in [3.8, 4) is 17.1 Å². The molecule has 0 aliphatic rings. The van der Waals surface area contributed by atoms with Gasteiger partial charge in [0.2, 0.25) is 4.77 Å². The largest absolute Gasteiger partial charge is 0.465 e. The number of nitrogens with one attached hydrogen (secondary N) is 1. The molecule has 0 unspecified atom stereocenters. The Hall–Kier alpha value is -3.13. The quantitative estimate of drug-likeness (QED) is 0.305. The monoisotopic (exact) mass is 463 g/mol. The molecule has 0 bridgehead atoms. The van der Waals surface area contributed by atoms with Gasteiger partial charge in [0.15, 0.2) is 5.82 Å². The number of H-pyrrole nitrogens is 1. The third-order valence-corrected chi connectivity index (χ3v) is 6.00. The number of halogens is 1. The van der Waals surface area contributed by atoms with E-state index in [-0.39, 0.29) is 0 Å². The molecule has 0 spiro atoms. The average Bonchev–Trinajstić information content (AvgIpc) is 3.47. The standard InChI is InChI=1S/C24H22ClN5OS/c1-16-7-12-19(31-16)14-28(2)15-29-24(32)30(18-10-8-17(25)9-11-18)23(27-29)21-13-26-22-6-4-3-5-20(21)22/h3-13,26H,14-15H2,1-2H3. The molecule has 0 aliphatic carbocycles. The molecule has 162 valence electrons. The first-order chi connectivity index (χ1) is 15.5. The molecule has 1 N–H and O–H groups in total. The van der Waals surface area contributed by atoms with Crippen LogP contribution in [0.25, 0.3) is 28.0 Å². The number of hydrogen-bond acceptors (Lipinski definition) is 4. The van der Waals surface area contributed by atoms with Crippen LogP contribution in [-0.2, 0) is 13.2 Å². The third-order valence-electron chi connectivity index (χ3n) is 5.35. The zero-order chi connectivity index (χ0) is 22.2. The van der Waals surface area contributed by atoms with Gasteiger partial charge in [-0.3, -0.25) is 9.47 Å². The summed E-state index contributed by atoms with van der Waals surface area (Å²) in [6, 6.07) is 19.8. The number of aromatic amines is 1. The molecule has 0 radical (unpaired) electrons. The highest BCUT2D eigenvalue weighted by molar-refractivity contribution is 7.71. The van der Waals surface area contributed by atoms with Gasteiger partial charge in [0.1, 0.15) is 11.5 Å². The number of aromatic nitrogens is 4. The second-order valence-corrected chi connectivity index (χ2v) is 8.64. The zero-order valence-electron chi connectivity index (χ0n) is 17.7. The van der Waals surface area contributed by atoms with Crippen molar-refractivity contribution in [3.05, 3.63) is 88.2 Å². The Labute approximate surface area is 195 Å².